The summed E-state index contributed by atoms with van der Waals surface area (Å²) in [4.78, 5) is 8.60. The molecule has 21 heavy (non-hydrogen) atoms. The molecule has 0 saturated carbocycles. The second-order valence-corrected chi connectivity index (χ2v) is 4.99. The van der Waals surface area contributed by atoms with Crippen LogP contribution in [-0.2, 0) is 4.74 Å². The second kappa shape index (κ2) is 5.93. The molecule has 1 unspecified atom stereocenters. The van der Waals surface area contributed by atoms with E-state index >= 15 is 0 Å². The predicted molar refractivity (Wildman–Crippen MR) is 83.8 cm³/mol. The van der Waals surface area contributed by atoms with Crippen molar-refractivity contribution in [3.8, 4) is 0 Å². The van der Waals surface area contributed by atoms with Crippen molar-refractivity contribution in [3.05, 3.63) is 49.1 Å². The molecule has 0 fully saturated rings. The van der Waals surface area contributed by atoms with Crippen LogP contribution >= 0.6 is 0 Å². The molecule has 5 nitrogen and oxygen atoms in total. The lowest BCUT2D eigenvalue weighted by molar-refractivity contribution is 0.163. The van der Waals surface area contributed by atoms with Gasteiger partial charge in [0.1, 0.15) is 0 Å². The zero-order chi connectivity index (χ0) is 14.7. The number of rotatable bonds is 5. The smallest absolute Gasteiger partial charge is 0.207 e. The molecule has 0 aliphatic rings. The van der Waals surface area contributed by atoms with Gasteiger partial charge in [-0.05, 0) is 24.4 Å². The number of nitrogens with one attached hydrogen (secondary N) is 1. The van der Waals surface area contributed by atoms with Crippen molar-refractivity contribution >= 4 is 22.4 Å². The van der Waals surface area contributed by atoms with Crippen LogP contribution in [0.15, 0.2) is 49.1 Å². The average Bonchev–Trinajstić information content (AvgIpc) is 2.96. The van der Waals surface area contributed by atoms with Crippen LogP contribution in [-0.4, -0.2) is 28.3 Å². The van der Waals surface area contributed by atoms with Gasteiger partial charge in [0, 0.05) is 37.3 Å². The number of hydrogen-bond acceptors (Lipinski definition) is 4. The third kappa shape index (κ3) is 2.73. The number of nitrogens with zero attached hydrogens (tertiary/aromatic N) is 3. The van der Waals surface area contributed by atoms with Gasteiger partial charge in [-0.2, -0.15) is 0 Å². The number of fused-ring (bicyclic) bond motifs is 1. The minimum Gasteiger partial charge on any atom is -0.383 e. The maximum Gasteiger partial charge on any atom is 0.207 e. The average molecular weight is 282 g/mol. The second-order valence-electron chi connectivity index (χ2n) is 4.99. The summed E-state index contributed by atoms with van der Waals surface area (Å²) in [5.41, 5.74) is 0.998. The van der Waals surface area contributed by atoms with Gasteiger partial charge in [-0.25, -0.2) is 4.98 Å². The first-order valence-electron chi connectivity index (χ1n) is 6.91. The number of hydrogen-bond donors (Lipinski definition) is 1. The van der Waals surface area contributed by atoms with Crippen LogP contribution in [0.1, 0.15) is 13.0 Å². The van der Waals surface area contributed by atoms with Crippen molar-refractivity contribution in [2.45, 2.75) is 13.0 Å². The van der Waals surface area contributed by atoms with E-state index in [0.29, 0.717) is 6.61 Å². The minimum absolute atomic E-state index is 0.216. The molecule has 0 radical (unpaired) electrons. The highest BCUT2D eigenvalue weighted by atomic mass is 16.5. The largest absolute Gasteiger partial charge is 0.383 e. The molecule has 0 aliphatic heterocycles. The number of imidazole rings is 1. The molecule has 1 atom stereocenters. The maximum atomic E-state index is 5.22. The van der Waals surface area contributed by atoms with E-state index in [1.807, 2.05) is 30.6 Å². The van der Waals surface area contributed by atoms with Gasteiger partial charge in [-0.15, -0.1) is 0 Å². The van der Waals surface area contributed by atoms with Gasteiger partial charge in [0.25, 0.3) is 0 Å². The summed E-state index contributed by atoms with van der Waals surface area (Å²) >= 11 is 0. The Morgan fingerprint density at radius 3 is 3.05 bits per heavy atom. The molecule has 2 heterocycles. The third-order valence-corrected chi connectivity index (χ3v) is 3.48. The highest BCUT2D eigenvalue weighted by molar-refractivity contribution is 5.94. The van der Waals surface area contributed by atoms with Crippen molar-refractivity contribution in [2.24, 2.45) is 0 Å². The van der Waals surface area contributed by atoms with E-state index in [9.17, 15) is 0 Å². The molecule has 0 aliphatic carbocycles. The fraction of sp³-hybridized carbons (Fsp3) is 0.250. The SMILES string of the molecule is COCC(C)n1ccnc1Nc1cccc2ccncc12. The van der Waals surface area contributed by atoms with Gasteiger partial charge < -0.3 is 14.6 Å². The molecular weight excluding hydrogens is 264 g/mol. The molecular formula is C16H18N4O. The monoisotopic (exact) mass is 282 g/mol. The fourth-order valence-corrected chi connectivity index (χ4v) is 2.43. The van der Waals surface area contributed by atoms with Gasteiger partial charge >= 0.3 is 0 Å². The number of benzene rings is 1. The van der Waals surface area contributed by atoms with Crippen LogP contribution in [0.25, 0.3) is 10.8 Å². The Labute approximate surface area is 123 Å². The number of aromatic nitrogens is 3. The van der Waals surface area contributed by atoms with Crippen molar-refractivity contribution in [3.63, 3.8) is 0 Å². The maximum absolute atomic E-state index is 5.22. The summed E-state index contributed by atoms with van der Waals surface area (Å²) in [5.74, 6) is 0.802. The van der Waals surface area contributed by atoms with E-state index in [2.05, 4.69) is 32.8 Å². The number of pyridine rings is 1. The van der Waals surface area contributed by atoms with Gasteiger partial charge in [-0.3, -0.25) is 4.98 Å². The summed E-state index contributed by atoms with van der Waals surface area (Å²) in [6.07, 6.45) is 7.41. The standard InChI is InChI=1S/C16H18N4O/c1-12(11-21-2)20-9-8-18-16(20)19-15-5-3-4-13-6-7-17-10-14(13)15/h3-10,12H,11H2,1-2H3,(H,18,19). The molecule has 0 amide bonds. The first-order valence-corrected chi connectivity index (χ1v) is 6.91. The number of methoxy groups -OCH3 is 1. The quantitative estimate of drug-likeness (QED) is 0.779. The summed E-state index contributed by atoms with van der Waals surface area (Å²) < 4.78 is 7.28. The van der Waals surface area contributed by atoms with Crippen LogP contribution < -0.4 is 5.32 Å². The van der Waals surface area contributed by atoms with Gasteiger partial charge in [0.05, 0.1) is 18.3 Å². The summed E-state index contributed by atoms with van der Waals surface area (Å²) in [6.45, 7) is 2.74. The van der Waals surface area contributed by atoms with Crippen molar-refractivity contribution in [2.75, 3.05) is 19.0 Å². The lowest BCUT2D eigenvalue weighted by Gasteiger charge is -2.16. The van der Waals surface area contributed by atoms with E-state index in [1.54, 1.807) is 19.5 Å². The van der Waals surface area contributed by atoms with Crippen LogP contribution in [0, 0.1) is 0 Å². The zero-order valence-electron chi connectivity index (χ0n) is 12.2. The lowest BCUT2D eigenvalue weighted by Crippen LogP contribution is -2.12. The molecule has 0 bridgehead atoms. The van der Waals surface area contributed by atoms with E-state index < -0.39 is 0 Å². The molecule has 108 valence electrons. The molecule has 0 saturated heterocycles. The highest BCUT2D eigenvalue weighted by Gasteiger charge is 2.11. The first kappa shape index (κ1) is 13.6. The Morgan fingerprint density at radius 1 is 1.29 bits per heavy atom. The van der Waals surface area contributed by atoms with Crippen molar-refractivity contribution in [1.82, 2.24) is 14.5 Å². The van der Waals surface area contributed by atoms with Crippen LogP contribution in [0.5, 0.6) is 0 Å². The Balaban J connectivity index is 1.94. The first-order chi connectivity index (χ1) is 10.3. The molecule has 3 aromatic rings. The summed E-state index contributed by atoms with van der Waals surface area (Å²) in [7, 11) is 1.71. The minimum atomic E-state index is 0.216. The molecule has 0 spiro atoms. The van der Waals surface area contributed by atoms with E-state index in [4.69, 9.17) is 4.74 Å². The van der Waals surface area contributed by atoms with Crippen LogP contribution in [0.3, 0.4) is 0 Å². The van der Waals surface area contributed by atoms with Crippen LogP contribution in [0.2, 0.25) is 0 Å². The van der Waals surface area contributed by atoms with Crippen molar-refractivity contribution in [1.29, 1.82) is 0 Å². The molecule has 2 aromatic heterocycles. The lowest BCUT2D eigenvalue weighted by atomic mass is 10.1. The Kier molecular flexibility index (Phi) is 3.83. The normalized spacial score (nSPS) is 12.5. The molecule has 5 heteroatoms. The van der Waals surface area contributed by atoms with E-state index in [1.165, 1.54) is 0 Å². The Morgan fingerprint density at radius 2 is 2.19 bits per heavy atom. The summed E-state index contributed by atoms with van der Waals surface area (Å²) in [6, 6.07) is 8.34. The molecule has 3 rings (SSSR count). The molecule has 1 aromatic carbocycles. The topological polar surface area (TPSA) is 52.0 Å². The zero-order valence-corrected chi connectivity index (χ0v) is 12.2. The van der Waals surface area contributed by atoms with Gasteiger partial charge in [0.15, 0.2) is 0 Å². The highest BCUT2D eigenvalue weighted by Crippen LogP contribution is 2.26. The van der Waals surface area contributed by atoms with E-state index in [0.717, 1.165) is 22.4 Å². The van der Waals surface area contributed by atoms with E-state index in [-0.39, 0.29) is 6.04 Å². The van der Waals surface area contributed by atoms with Gasteiger partial charge in [-0.1, -0.05) is 12.1 Å². The van der Waals surface area contributed by atoms with Crippen molar-refractivity contribution < 1.29 is 4.74 Å². The van der Waals surface area contributed by atoms with Crippen LogP contribution in [0.4, 0.5) is 11.6 Å². The summed E-state index contributed by atoms with van der Waals surface area (Å²) in [5, 5.41) is 5.62. The number of anilines is 2. The Hall–Kier alpha value is -2.40. The Bertz CT molecular complexity index is 732. The van der Waals surface area contributed by atoms with Gasteiger partial charge in [0.2, 0.25) is 5.95 Å². The third-order valence-electron chi connectivity index (χ3n) is 3.48. The predicted octanol–water partition coefficient (Wildman–Crippen LogP) is 3.38. The molecule has 1 N–H and O–H groups in total. The fourth-order valence-electron chi connectivity index (χ4n) is 2.43. The number of ether oxygens (including phenoxy) is 1.